The van der Waals surface area contributed by atoms with Gasteiger partial charge in [0.2, 0.25) is 5.91 Å². The molecule has 170 valence electrons. The van der Waals surface area contributed by atoms with Gasteiger partial charge in [-0.25, -0.2) is 4.79 Å². The van der Waals surface area contributed by atoms with Crippen molar-refractivity contribution in [3.8, 4) is 11.1 Å². The van der Waals surface area contributed by atoms with Crippen LogP contribution in [-0.2, 0) is 14.3 Å². The third kappa shape index (κ3) is 5.10. The molecular formula is C25H30N2O5. The highest BCUT2D eigenvalue weighted by atomic mass is 16.5. The zero-order valence-corrected chi connectivity index (χ0v) is 18.8. The van der Waals surface area contributed by atoms with E-state index in [-0.39, 0.29) is 18.4 Å². The Morgan fingerprint density at radius 3 is 2.03 bits per heavy atom. The van der Waals surface area contributed by atoms with E-state index >= 15 is 0 Å². The second-order valence-corrected chi connectivity index (χ2v) is 8.99. The smallest absolute Gasteiger partial charge is 0.407 e. The molecule has 0 saturated carbocycles. The lowest BCUT2D eigenvalue weighted by Crippen LogP contribution is -2.55. The number of carbonyl (C=O) groups is 3. The Bertz CT molecular complexity index is 969. The van der Waals surface area contributed by atoms with Gasteiger partial charge in [-0.1, -0.05) is 62.4 Å². The lowest BCUT2D eigenvalue weighted by molar-refractivity contribution is -0.140. The summed E-state index contributed by atoms with van der Waals surface area (Å²) in [4.78, 5) is 36.5. The highest BCUT2D eigenvalue weighted by Crippen LogP contribution is 2.44. The van der Waals surface area contributed by atoms with E-state index < -0.39 is 36.0 Å². The predicted octanol–water partition coefficient (Wildman–Crippen LogP) is 3.92. The minimum Gasteiger partial charge on any atom is -0.481 e. The number of alkyl carbamates (subject to hydrolysis) is 1. The highest BCUT2D eigenvalue weighted by molar-refractivity contribution is 5.89. The summed E-state index contributed by atoms with van der Waals surface area (Å²) in [6.45, 7) is 7.68. The van der Waals surface area contributed by atoms with Gasteiger partial charge in [-0.05, 0) is 42.0 Å². The molecular weight excluding hydrogens is 408 g/mol. The van der Waals surface area contributed by atoms with Crippen molar-refractivity contribution in [2.45, 2.75) is 51.6 Å². The number of hydrogen-bond acceptors (Lipinski definition) is 4. The normalized spacial score (nSPS) is 13.8. The van der Waals surface area contributed by atoms with Gasteiger partial charge in [0.15, 0.2) is 0 Å². The molecule has 7 heteroatoms. The summed E-state index contributed by atoms with van der Waals surface area (Å²) in [6, 6.07) is 14.7. The molecule has 7 nitrogen and oxygen atoms in total. The van der Waals surface area contributed by atoms with E-state index in [4.69, 9.17) is 4.74 Å². The summed E-state index contributed by atoms with van der Waals surface area (Å²) in [6.07, 6.45) is -1.36. The van der Waals surface area contributed by atoms with Gasteiger partial charge in [-0.2, -0.15) is 0 Å². The molecule has 1 aliphatic rings. The second kappa shape index (κ2) is 9.42. The predicted molar refractivity (Wildman–Crippen MR) is 121 cm³/mol. The van der Waals surface area contributed by atoms with Crippen molar-refractivity contribution >= 4 is 18.0 Å². The van der Waals surface area contributed by atoms with Gasteiger partial charge in [-0.15, -0.1) is 0 Å². The van der Waals surface area contributed by atoms with Crippen LogP contribution in [0.4, 0.5) is 4.79 Å². The Labute approximate surface area is 188 Å². The Balaban J connectivity index is 1.68. The number of aliphatic carboxylic acids is 1. The molecule has 0 aromatic heterocycles. The monoisotopic (exact) mass is 438 g/mol. The summed E-state index contributed by atoms with van der Waals surface area (Å²) in [5.41, 5.74) is 3.80. The maximum Gasteiger partial charge on any atom is 0.407 e. The molecule has 0 aliphatic heterocycles. The number of ether oxygens (including phenoxy) is 1. The first-order valence-corrected chi connectivity index (χ1v) is 10.8. The van der Waals surface area contributed by atoms with Crippen LogP contribution in [0.2, 0.25) is 0 Å². The molecule has 2 aromatic carbocycles. The van der Waals surface area contributed by atoms with Gasteiger partial charge in [0, 0.05) is 11.5 Å². The summed E-state index contributed by atoms with van der Waals surface area (Å²) in [5, 5.41) is 14.4. The van der Waals surface area contributed by atoms with Crippen LogP contribution in [0.5, 0.6) is 0 Å². The van der Waals surface area contributed by atoms with Crippen LogP contribution in [0, 0.1) is 5.92 Å². The molecule has 32 heavy (non-hydrogen) atoms. The number of carboxylic acids is 1. The highest BCUT2D eigenvalue weighted by Gasteiger charge is 2.32. The number of nitrogens with one attached hydrogen (secondary N) is 2. The van der Waals surface area contributed by atoms with E-state index in [9.17, 15) is 19.5 Å². The number of amides is 2. The summed E-state index contributed by atoms with van der Waals surface area (Å²) in [5.74, 6) is -1.75. The zero-order chi connectivity index (χ0) is 23.5. The van der Waals surface area contributed by atoms with Crippen LogP contribution in [-0.4, -0.2) is 41.3 Å². The molecule has 1 aliphatic carbocycles. The minimum atomic E-state index is -1.24. The molecule has 0 heterocycles. The third-order valence-corrected chi connectivity index (χ3v) is 6.22. The standard InChI is InChI=1S/C25H30N2O5/c1-15(2)25(3,4)27-23(30)21(13-22(28)29)26-24(31)32-14-20-18-11-7-5-9-16(18)17-10-6-8-12-19(17)20/h5-12,15,20-21H,13-14H2,1-4H3,(H,26,31)(H,27,30)(H,28,29). The quantitative estimate of drug-likeness (QED) is 0.579. The number of carbonyl (C=O) groups excluding carboxylic acids is 2. The van der Waals surface area contributed by atoms with Crippen LogP contribution in [0.3, 0.4) is 0 Å². The van der Waals surface area contributed by atoms with Gasteiger partial charge in [0.1, 0.15) is 12.6 Å². The Kier molecular flexibility index (Phi) is 6.87. The number of rotatable bonds is 8. The van der Waals surface area contributed by atoms with E-state index in [1.807, 2.05) is 76.2 Å². The topological polar surface area (TPSA) is 105 Å². The molecule has 3 rings (SSSR count). The average molecular weight is 439 g/mol. The molecule has 1 unspecified atom stereocenters. The van der Waals surface area contributed by atoms with E-state index in [2.05, 4.69) is 10.6 Å². The third-order valence-electron chi connectivity index (χ3n) is 6.22. The summed E-state index contributed by atoms with van der Waals surface area (Å²) in [7, 11) is 0. The molecule has 2 aromatic rings. The largest absolute Gasteiger partial charge is 0.481 e. The Morgan fingerprint density at radius 2 is 1.53 bits per heavy atom. The second-order valence-electron chi connectivity index (χ2n) is 8.99. The van der Waals surface area contributed by atoms with Gasteiger partial charge in [0.25, 0.3) is 0 Å². The summed E-state index contributed by atoms with van der Waals surface area (Å²) < 4.78 is 5.46. The van der Waals surface area contributed by atoms with Crippen LogP contribution in [0.25, 0.3) is 11.1 Å². The maximum absolute atomic E-state index is 12.7. The number of benzene rings is 2. The maximum atomic E-state index is 12.7. The van der Waals surface area contributed by atoms with Crippen molar-refractivity contribution in [2.75, 3.05) is 6.61 Å². The Hall–Kier alpha value is -3.35. The van der Waals surface area contributed by atoms with Gasteiger partial charge < -0.3 is 20.5 Å². The summed E-state index contributed by atoms with van der Waals surface area (Å²) >= 11 is 0. The molecule has 1 atom stereocenters. The van der Waals surface area contributed by atoms with Crippen molar-refractivity contribution in [1.29, 1.82) is 0 Å². The Morgan fingerprint density at radius 1 is 1.00 bits per heavy atom. The van der Waals surface area contributed by atoms with Gasteiger partial charge >= 0.3 is 12.1 Å². The van der Waals surface area contributed by atoms with Crippen LogP contribution in [0.1, 0.15) is 51.2 Å². The van der Waals surface area contributed by atoms with Gasteiger partial charge in [-0.3, -0.25) is 9.59 Å². The fourth-order valence-corrected chi connectivity index (χ4v) is 3.72. The number of carboxylic acid groups (broad SMARTS) is 1. The van der Waals surface area contributed by atoms with Crippen molar-refractivity contribution in [3.63, 3.8) is 0 Å². The molecule has 0 bridgehead atoms. The number of fused-ring (bicyclic) bond motifs is 3. The molecule has 0 saturated heterocycles. The molecule has 3 N–H and O–H groups in total. The molecule has 0 fully saturated rings. The zero-order valence-electron chi connectivity index (χ0n) is 18.8. The lowest BCUT2D eigenvalue weighted by Gasteiger charge is -2.32. The van der Waals surface area contributed by atoms with Crippen molar-refractivity contribution in [1.82, 2.24) is 10.6 Å². The molecule has 0 spiro atoms. The van der Waals surface area contributed by atoms with E-state index in [1.54, 1.807) is 0 Å². The van der Waals surface area contributed by atoms with Gasteiger partial charge in [0.05, 0.1) is 6.42 Å². The average Bonchev–Trinajstić information content (AvgIpc) is 3.05. The van der Waals surface area contributed by atoms with E-state index in [1.165, 1.54) is 0 Å². The van der Waals surface area contributed by atoms with Crippen LogP contribution in [0.15, 0.2) is 48.5 Å². The van der Waals surface area contributed by atoms with Crippen LogP contribution < -0.4 is 10.6 Å². The first kappa shape index (κ1) is 23.3. The van der Waals surface area contributed by atoms with Crippen molar-refractivity contribution in [2.24, 2.45) is 5.92 Å². The molecule has 0 radical (unpaired) electrons. The minimum absolute atomic E-state index is 0.0821. The molecule has 2 amide bonds. The van der Waals surface area contributed by atoms with Crippen molar-refractivity contribution < 1.29 is 24.2 Å². The van der Waals surface area contributed by atoms with E-state index in [0.717, 1.165) is 22.3 Å². The SMILES string of the molecule is CC(C)C(C)(C)NC(=O)C(CC(=O)O)NC(=O)OCC1c2ccccc2-c2ccccc21. The first-order valence-electron chi connectivity index (χ1n) is 10.8. The van der Waals surface area contributed by atoms with E-state index in [0.29, 0.717) is 0 Å². The number of hydrogen-bond donors (Lipinski definition) is 3. The van der Waals surface area contributed by atoms with Crippen molar-refractivity contribution in [3.05, 3.63) is 59.7 Å². The lowest BCUT2D eigenvalue weighted by atomic mass is 9.90. The first-order chi connectivity index (χ1) is 15.1. The fourth-order valence-electron chi connectivity index (χ4n) is 3.72. The fraction of sp³-hybridized carbons (Fsp3) is 0.400. The van der Waals surface area contributed by atoms with Crippen LogP contribution >= 0.6 is 0 Å².